The third-order valence-electron chi connectivity index (χ3n) is 5.20. The van der Waals surface area contributed by atoms with Crippen LogP contribution in [0.1, 0.15) is 75.8 Å². The van der Waals surface area contributed by atoms with Crippen molar-refractivity contribution in [2.45, 2.75) is 71.1 Å². The van der Waals surface area contributed by atoms with Gasteiger partial charge in [-0.1, -0.05) is 44.1 Å². The summed E-state index contributed by atoms with van der Waals surface area (Å²) in [6.07, 6.45) is 18.2. The molecule has 0 radical (unpaired) electrons. The molecule has 0 aromatic heterocycles. The second-order valence-corrected chi connectivity index (χ2v) is 7.05. The van der Waals surface area contributed by atoms with E-state index in [4.69, 9.17) is 5.26 Å². The highest BCUT2D eigenvalue weighted by Crippen LogP contribution is 2.32. The molecule has 1 fully saturated rings. The summed E-state index contributed by atoms with van der Waals surface area (Å²) in [5, 5.41) is 8.84. The molecule has 1 saturated carbocycles. The topological polar surface area (TPSA) is 23.8 Å². The molecule has 0 saturated heterocycles. The van der Waals surface area contributed by atoms with E-state index in [9.17, 15) is 0 Å². The summed E-state index contributed by atoms with van der Waals surface area (Å²) in [5.41, 5.74) is 2.14. The van der Waals surface area contributed by atoms with E-state index in [1.54, 1.807) is 0 Å². The van der Waals surface area contributed by atoms with Crippen LogP contribution in [0.15, 0.2) is 36.4 Å². The van der Waals surface area contributed by atoms with Gasteiger partial charge in [-0.2, -0.15) is 5.26 Å². The molecule has 0 amide bonds. The zero-order valence-corrected chi connectivity index (χ0v) is 14.6. The fourth-order valence-electron chi connectivity index (χ4n) is 3.59. The zero-order valence-electron chi connectivity index (χ0n) is 14.6. The van der Waals surface area contributed by atoms with Gasteiger partial charge in [-0.3, -0.25) is 0 Å². The van der Waals surface area contributed by atoms with Crippen LogP contribution in [0.25, 0.3) is 0 Å². The molecule has 2 rings (SSSR count). The maximum absolute atomic E-state index is 8.84. The normalized spacial score (nSPS) is 21.4. The highest BCUT2D eigenvalue weighted by atomic mass is 14.2. The van der Waals surface area contributed by atoms with Crippen molar-refractivity contribution in [3.05, 3.63) is 47.5 Å². The summed E-state index contributed by atoms with van der Waals surface area (Å²) in [6.45, 7) is 2.27. The Bertz CT molecular complexity index is 498. The van der Waals surface area contributed by atoms with Gasteiger partial charge in [0.05, 0.1) is 11.6 Å². The van der Waals surface area contributed by atoms with Crippen LogP contribution in [-0.2, 0) is 6.42 Å². The second kappa shape index (κ2) is 10.3. The lowest BCUT2D eigenvalue weighted by atomic mass is 9.79. The van der Waals surface area contributed by atoms with Crippen molar-refractivity contribution in [1.29, 1.82) is 5.26 Å². The lowest BCUT2D eigenvalue weighted by molar-refractivity contribution is 0.296. The fraction of sp³-hybridized carbons (Fsp3) is 0.591. The number of benzene rings is 1. The first-order chi connectivity index (χ1) is 11.3. The molecule has 0 atom stereocenters. The van der Waals surface area contributed by atoms with Gasteiger partial charge in [0.25, 0.3) is 0 Å². The first kappa shape index (κ1) is 17.8. The van der Waals surface area contributed by atoms with E-state index in [0.29, 0.717) is 0 Å². The lowest BCUT2D eigenvalue weighted by Gasteiger charge is -2.26. The Morgan fingerprint density at radius 3 is 2.48 bits per heavy atom. The Labute approximate surface area is 142 Å². The SMILES string of the molecule is CCCCC/C=C/[C@H]1CC[C@H](CCc2ccc(C#N)cc2)CC1. The Morgan fingerprint density at radius 2 is 1.83 bits per heavy atom. The third kappa shape index (κ3) is 6.61. The Hall–Kier alpha value is -1.55. The van der Waals surface area contributed by atoms with Crippen molar-refractivity contribution in [3.63, 3.8) is 0 Å². The fourth-order valence-corrected chi connectivity index (χ4v) is 3.59. The molecule has 1 aliphatic carbocycles. The summed E-state index contributed by atoms with van der Waals surface area (Å²) < 4.78 is 0. The summed E-state index contributed by atoms with van der Waals surface area (Å²) in [6, 6.07) is 10.3. The molecular weight excluding hydrogens is 278 g/mol. The van der Waals surface area contributed by atoms with E-state index in [-0.39, 0.29) is 0 Å². The van der Waals surface area contributed by atoms with E-state index < -0.39 is 0 Å². The molecule has 1 aliphatic rings. The van der Waals surface area contributed by atoms with Crippen molar-refractivity contribution in [1.82, 2.24) is 0 Å². The standard InChI is InChI=1S/C22H31N/c1-2-3-4-5-6-7-19-8-10-20(11-9-19)12-13-21-14-16-22(18-23)17-15-21/h6-7,14-17,19-20H,2-5,8-13H2,1H3/b7-6+/t19-,20-. The van der Waals surface area contributed by atoms with Gasteiger partial charge in [0.2, 0.25) is 0 Å². The summed E-state index contributed by atoms with van der Waals surface area (Å²) in [7, 11) is 0. The Balaban J connectivity index is 1.63. The largest absolute Gasteiger partial charge is 0.192 e. The van der Waals surface area contributed by atoms with Crippen LogP contribution in [0.4, 0.5) is 0 Å². The molecule has 1 nitrogen and oxygen atoms in total. The van der Waals surface area contributed by atoms with Crippen LogP contribution in [0.3, 0.4) is 0 Å². The Kier molecular flexibility index (Phi) is 7.95. The number of rotatable bonds is 8. The average molecular weight is 309 g/mol. The van der Waals surface area contributed by atoms with Crippen LogP contribution in [0, 0.1) is 23.2 Å². The minimum atomic E-state index is 0.764. The number of allylic oxidation sites excluding steroid dienone is 2. The predicted octanol–water partition coefficient (Wildman–Crippen LogP) is 6.43. The van der Waals surface area contributed by atoms with E-state index in [1.165, 1.54) is 63.4 Å². The molecule has 1 heteroatoms. The number of aryl methyl sites for hydroxylation is 1. The second-order valence-electron chi connectivity index (χ2n) is 7.05. The molecule has 124 valence electrons. The lowest BCUT2D eigenvalue weighted by Crippen LogP contribution is -2.13. The maximum Gasteiger partial charge on any atom is 0.0991 e. The monoisotopic (exact) mass is 309 g/mol. The van der Waals surface area contributed by atoms with Gasteiger partial charge < -0.3 is 0 Å². The molecule has 1 aromatic rings. The smallest absolute Gasteiger partial charge is 0.0991 e. The third-order valence-corrected chi connectivity index (χ3v) is 5.20. The first-order valence-corrected chi connectivity index (χ1v) is 9.47. The average Bonchev–Trinajstić information content (AvgIpc) is 2.61. The number of hydrogen-bond acceptors (Lipinski definition) is 1. The molecule has 0 spiro atoms. The van der Waals surface area contributed by atoms with Gasteiger partial charge in [-0.05, 0) is 80.9 Å². The van der Waals surface area contributed by atoms with Gasteiger partial charge in [-0.15, -0.1) is 0 Å². The molecule has 0 aliphatic heterocycles. The highest BCUT2D eigenvalue weighted by molar-refractivity contribution is 5.31. The van der Waals surface area contributed by atoms with Gasteiger partial charge in [0.1, 0.15) is 0 Å². The summed E-state index contributed by atoms with van der Waals surface area (Å²) in [5.74, 6) is 1.73. The van der Waals surface area contributed by atoms with Crippen LogP contribution < -0.4 is 0 Å². The molecule has 0 bridgehead atoms. The molecular formula is C22H31N. The van der Waals surface area contributed by atoms with Gasteiger partial charge in [-0.25, -0.2) is 0 Å². The zero-order chi connectivity index (χ0) is 16.3. The van der Waals surface area contributed by atoms with Crippen LogP contribution in [-0.4, -0.2) is 0 Å². The number of nitriles is 1. The predicted molar refractivity (Wildman–Crippen MR) is 98.2 cm³/mol. The van der Waals surface area contributed by atoms with Crippen molar-refractivity contribution < 1.29 is 0 Å². The summed E-state index contributed by atoms with van der Waals surface area (Å²) in [4.78, 5) is 0. The maximum atomic E-state index is 8.84. The summed E-state index contributed by atoms with van der Waals surface area (Å²) >= 11 is 0. The molecule has 0 N–H and O–H groups in total. The minimum absolute atomic E-state index is 0.764. The van der Waals surface area contributed by atoms with E-state index >= 15 is 0 Å². The van der Waals surface area contributed by atoms with Crippen LogP contribution >= 0.6 is 0 Å². The molecule has 23 heavy (non-hydrogen) atoms. The van der Waals surface area contributed by atoms with Crippen molar-refractivity contribution in [2.75, 3.05) is 0 Å². The van der Waals surface area contributed by atoms with E-state index in [1.807, 2.05) is 12.1 Å². The first-order valence-electron chi connectivity index (χ1n) is 9.47. The Morgan fingerprint density at radius 1 is 1.09 bits per heavy atom. The van der Waals surface area contributed by atoms with Crippen LogP contribution in [0.5, 0.6) is 0 Å². The van der Waals surface area contributed by atoms with Gasteiger partial charge in [0.15, 0.2) is 0 Å². The number of unbranched alkanes of at least 4 members (excludes halogenated alkanes) is 3. The number of hydrogen-bond donors (Lipinski definition) is 0. The molecule has 0 heterocycles. The van der Waals surface area contributed by atoms with Crippen LogP contribution in [0.2, 0.25) is 0 Å². The highest BCUT2D eigenvalue weighted by Gasteiger charge is 2.19. The minimum Gasteiger partial charge on any atom is -0.192 e. The van der Waals surface area contributed by atoms with E-state index in [2.05, 4.69) is 37.3 Å². The molecule has 1 aromatic carbocycles. The quantitative estimate of drug-likeness (QED) is 0.401. The number of nitrogens with zero attached hydrogens (tertiary/aromatic N) is 1. The van der Waals surface area contributed by atoms with Gasteiger partial charge in [0, 0.05) is 0 Å². The molecule has 0 unspecified atom stereocenters. The van der Waals surface area contributed by atoms with Crippen molar-refractivity contribution in [2.24, 2.45) is 11.8 Å². The van der Waals surface area contributed by atoms with E-state index in [0.717, 1.165) is 23.8 Å². The van der Waals surface area contributed by atoms with Crippen molar-refractivity contribution >= 4 is 0 Å². The van der Waals surface area contributed by atoms with Crippen molar-refractivity contribution in [3.8, 4) is 6.07 Å². The van der Waals surface area contributed by atoms with Gasteiger partial charge >= 0.3 is 0 Å².